The predicted octanol–water partition coefficient (Wildman–Crippen LogP) is 2.17. The van der Waals surface area contributed by atoms with Crippen molar-refractivity contribution in [3.63, 3.8) is 0 Å². The van der Waals surface area contributed by atoms with Crippen molar-refractivity contribution in [3.8, 4) is 0 Å². The fourth-order valence-electron chi connectivity index (χ4n) is 6.54. The molecular formula is C22H26FNO6. The number of allylic oxidation sites excluding steroid dienone is 6. The first-order valence-electron chi connectivity index (χ1n) is 10.2. The van der Waals surface area contributed by atoms with Crippen molar-refractivity contribution in [3.05, 3.63) is 36.0 Å². The van der Waals surface area contributed by atoms with E-state index in [9.17, 15) is 25.0 Å². The largest absolute Gasteiger partial charge is 0.481 e. The highest BCUT2D eigenvalue weighted by Crippen LogP contribution is 2.68. The summed E-state index contributed by atoms with van der Waals surface area (Å²) in [4.78, 5) is 23.0. The second-order valence-corrected chi connectivity index (χ2v) is 9.27. The number of halogens is 1. The van der Waals surface area contributed by atoms with Crippen LogP contribution in [-0.4, -0.2) is 55.9 Å². The Morgan fingerprint density at radius 1 is 1.40 bits per heavy atom. The molecular weight excluding hydrogens is 393 g/mol. The number of hydrogen-bond donors (Lipinski definition) is 4. The van der Waals surface area contributed by atoms with E-state index in [1.165, 1.54) is 18.2 Å². The summed E-state index contributed by atoms with van der Waals surface area (Å²) in [5.41, 5.74) is -5.71. The summed E-state index contributed by atoms with van der Waals surface area (Å²) in [6, 6.07) is 0. The Morgan fingerprint density at radius 2 is 2.13 bits per heavy atom. The van der Waals surface area contributed by atoms with Crippen LogP contribution < -0.4 is 0 Å². The molecule has 0 heterocycles. The zero-order chi connectivity index (χ0) is 21.9. The van der Waals surface area contributed by atoms with Crippen molar-refractivity contribution >= 4 is 18.0 Å². The molecule has 2 saturated carbocycles. The molecule has 7 nitrogen and oxygen atoms in total. The third-order valence-corrected chi connectivity index (χ3v) is 8.13. The number of fused-ring (bicyclic) bond motifs is 5. The second kappa shape index (κ2) is 6.59. The van der Waals surface area contributed by atoms with Gasteiger partial charge in [-0.3, -0.25) is 9.59 Å². The van der Waals surface area contributed by atoms with Crippen molar-refractivity contribution in [1.82, 2.24) is 0 Å². The van der Waals surface area contributed by atoms with E-state index in [2.05, 4.69) is 5.16 Å². The lowest BCUT2D eigenvalue weighted by molar-refractivity contribution is -0.184. The zero-order valence-corrected chi connectivity index (χ0v) is 16.7. The lowest BCUT2D eigenvalue weighted by Gasteiger charge is -2.60. The average Bonchev–Trinajstić information content (AvgIpc) is 2.95. The van der Waals surface area contributed by atoms with Gasteiger partial charge in [-0.05, 0) is 56.3 Å². The molecule has 0 aromatic carbocycles. The molecule has 7 atom stereocenters. The number of nitrogens with zero attached hydrogens (tertiary/aromatic N) is 1. The van der Waals surface area contributed by atoms with Crippen LogP contribution in [0.25, 0.3) is 0 Å². The van der Waals surface area contributed by atoms with E-state index in [1.54, 1.807) is 19.1 Å². The summed E-state index contributed by atoms with van der Waals surface area (Å²) < 4.78 is 16.9. The number of hydrogen-bond acceptors (Lipinski definition) is 6. The molecule has 162 valence electrons. The monoisotopic (exact) mass is 419 g/mol. The number of rotatable bonds is 4. The highest BCUT2D eigenvalue weighted by atomic mass is 19.1. The number of aliphatic hydroxyl groups excluding tert-OH is 1. The van der Waals surface area contributed by atoms with Crippen molar-refractivity contribution in [1.29, 1.82) is 0 Å². The van der Waals surface area contributed by atoms with Crippen LogP contribution in [-0.2, 0) is 9.59 Å². The summed E-state index contributed by atoms with van der Waals surface area (Å²) in [5, 5.41) is 44.2. The first-order chi connectivity index (χ1) is 14.0. The van der Waals surface area contributed by atoms with Gasteiger partial charge in [0.25, 0.3) is 0 Å². The van der Waals surface area contributed by atoms with Crippen LogP contribution in [0.5, 0.6) is 0 Å². The molecule has 30 heavy (non-hydrogen) atoms. The summed E-state index contributed by atoms with van der Waals surface area (Å²) in [7, 11) is 0. The van der Waals surface area contributed by atoms with Crippen LogP contribution in [0.2, 0.25) is 0 Å². The van der Waals surface area contributed by atoms with Crippen molar-refractivity contribution in [2.24, 2.45) is 27.8 Å². The summed E-state index contributed by atoms with van der Waals surface area (Å²) >= 11 is 0. The molecule has 4 aliphatic rings. The zero-order valence-electron chi connectivity index (χ0n) is 16.7. The van der Waals surface area contributed by atoms with Gasteiger partial charge >= 0.3 is 5.97 Å². The average molecular weight is 419 g/mol. The van der Waals surface area contributed by atoms with Gasteiger partial charge in [-0.2, -0.15) is 0 Å². The Bertz CT molecular complexity index is 911. The molecule has 0 aromatic heterocycles. The fourth-order valence-corrected chi connectivity index (χ4v) is 6.54. The molecule has 4 aliphatic carbocycles. The van der Waals surface area contributed by atoms with Crippen molar-refractivity contribution in [2.75, 3.05) is 0 Å². The van der Waals surface area contributed by atoms with Gasteiger partial charge in [0.05, 0.1) is 17.9 Å². The van der Waals surface area contributed by atoms with Gasteiger partial charge < -0.3 is 20.5 Å². The summed E-state index contributed by atoms with van der Waals surface area (Å²) in [6.45, 7) is 1.65. The molecule has 4 N–H and O–H groups in total. The van der Waals surface area contributed by atoms with Crippen molar-refractivity contribution in [2.45, 2.75) is 56.4 Å². The van der Waals surface area contributed by atoms with Crippen LogP contribution in [0, 0.1) is 22.7 Å². The number of carboxylic acids is 1. The normalized spacial score (nSPS) is 47.0. The topological polar surface area (TPSA) is 127 Å². The van der Waals surface area contributed by atoms with Gasteiger partial charge in [-0.1, -0.05) is 18.2 Å². The number of carboxylic acid groups (broad SMARTS) is 1. The van der Waals surface area contributed by atoms with Gasteiger partial charge in [0.2, 0.25) is 0 Å². The van der Waals surface area contributed by atoms with Gasteiger partial charge in [0.15, 0.2) is 11.5 Å². The second-order valence-electron chi connectivity index (χ2n) is 9.27. The molecule has 0 unspecified atom stereocenters. The van der Waals surface area contributed by atoms with E-state index < -0.39 is 46.0 Å². The first kappa shape index (κ1) is 20.9. The van der Waals surface area contributed by atoms with E-state index in [0.29, 0.717) is 12.0 Å². The quantitative estimate of drug-likeness (QED) is 0.314. The Kier molecular flexibility index (Phi) is 4.60. The minimum absolute atomic E-state index is 0.0931. The Labute approximate surface area is 173 Å². The van der Waals surface area contributed by atoms with Crippen LogP contribution in [0.1, 0.15) is 39.0 Å². The lowest BCUT2D eigenvalue weighted by atomic mass is 9.46. The maximum atomic E-state index is 16.9. The third kappa shape index (κ3) is 2.46. The number of carbonyl (C=O) groups is 2. The van der Waals surface area contributed by atoms with Gasteiger partial charge in [-0.25, -0.2) is 4.39 Å². The molecule has 0 aromatic rings. The molecule has 2 fully saturated rings. The third-order valence-electron chi connectivity index (χ3n) is 8.13. The Hall–Kier alpha value is -2.32. The summed E-state index contributed by atoms with van der Waals surface area (Å²) in [5.74, 6) is -2.65. The van der Waals surface area contributed by atoms with E-state index >= 15 is 4.39 Å². The van der Waals surface area contributed by atoms with Crippen molar-refractivity contribution < 1.29 is 34.5 Å². The molecule has 0 saturated heterocycles. The molecule has 0 bridgehead atoms. The number of aliphatic hydroxyl groups is 2. The Balaban J connectivity index is 1.84. The van der Waals surface area contributed by atoms with Gasteiger partial charge in [0, 0.05) is 23.2 Å². The molecule has 0 radical (unpaired) electrons. The number of aliphatic carboxylic acids is 1. The highest BCUT2D eigenvalue weighted by molar-refractivity contribution is 6.01. The predicted molar refractivity (Wildman–Crippen MR) is 105 cm³/mol. The minimum atomic E-state index is -2.14. The molecule has 8 heteroatoms. The Morgan fingerprint density at radius 3 is 2.80 bits per heavy atom. The van der Waals surface area contributed by atoms with E-state index in [4.69, 9.17) is 5.11 Å². The van der Waals surface area contributed by atoms with E-state index in [1.807, 2.05) is 0 Å². The number of carbonyl (C=O) groups excluding carboxylic acids is 1. The SMILES string of the molecule is C[C@]12C=CC(=O)C=C1C=C[C@H]1[C@@H]3CC[C@@](O)(CCC(=O)O)[C@@]3(/C=N/O)C[C@H](O)[C@@]12F. The summed E-state index contributed by atoms with van der Waals surface area (Å²) in [6.07, 6.45) is 7.11. The maximum absolute atomic E-state index is 16.9. The van der Waals surface area contributed by atoms with Gasteiger partial charge in [-0.15, -0.1) is 5.16 Å². The van der Waals surface area contributed by atoms with E-state index in [-0.39, 0.29) is 31.5 Å². The van der Waals surface area contributed by atoms with Crippen LogP contribution >= 0.6 is 0 Å². The van der Waals surface area contributed by atoms with Gasteiger partial charge in [0.1, 0.15) is 0 Å². The van der Waals surface area contributed by atoms with Crippen LogP contribution in [0.3, 0.4) is 0 Å². The smallest absolute Gasteiger partial charge is 0.303 e. The molecule has 4 rings (SSSR count). The van der Waals surface area contributed by atoms with Crippen LogP contribution in [0.15, 0.2) is 41.1 Å². The number of ketones is 1. The lowest BCUT2D eigenvalue weighted by Crippen LogP contribution is -2.68. The minimum Gasteiger partial charge on any atom is -0.481 e. The first-order valence-corrected chi connectivity index (χ1v) is 10.2. The van der Waals surface area contributed by atoms with E-state index in [0.717, 1.165) is 6.21 Å². The number of alkyl halides is 1. The molecule has 0 aliphatic heterocycles. The fraction of sp³-hybridized carbons (Fsp3) is 0.591. The maximum Gasteiger partial charge on any atom is 0.303 e. The standard InChI is InChI=1S/C22H26FNO6/c1-19-7-4-14(25)10-13(19)2-3-16-15-5-8-21(29,9-6-18(27)28)20(15,12-24-30)11-17(26)22(16,19)23/h2-4,7,10,12,15-17,26,29-30H,5-6,8-9,11H2,1H3,(H,27,28)/b24-12+/t15-,16-,17-,19-,20+,21+,22-/m0/s1. The number of oxime groups is 1. The van der Waals surface area contributed by atoms with Crippen LogP contribution in [0.4, 0.5) is 4.39 Å². The highest BCUT2D eigenvalue weighted by Gasteiger charge is 2.73. The molecule has 0 spiro atoms. The molecule has 0 amide bonds.